The van der Waals surface area contributed by atoms with Gasteiger partial charge in [-0.1, -0.05) is 11.6 Å². The quantitative estimate of drug-likeness (QED) is 0.748. The van der Waals surface area contributed by atoms with Gasteiger partial charge in [0.15, 0.2) is 0 Å². The zero-order valence-corrected chi connectivity index (χ0v) is 11.6. The number of benzene rings is 1. The molecule has 0 radical (unpaired) electrons. The van der Waals surface area contributed by atoms with E-state index in [9.17, 15) is 13.2 Å². The molecule has 18 heavy (non-hydrogen) atoms. The predicted molar refractivity (Wildman–Crippen MR) is 72.6 cm³/mol. The van der Waals surface area contributed by atoms with Gasteiger partial charge in [-0.25, -0.2) is 0 Å². The molecule has 0 unspecified atom stereocenters. The second-order valence-corrected chi connectivity index (χ2v) is 5.21. The lowest BCUT2D eigenvalue weighted by molar-refractivity contribution is -0.137. The molecule has 1 aromatic rings. The molecule has 1 aromatic carbocycles. The van der Waals surface area contributed by atoms with Crippen LogP contribution in [0.2, 0.25) is 5.02 Å². The number of halogens is 4. The van der Waals surface area contributed by atoms with Crippen LogP contribution < -0.4 is 5.32 Å². The van der Waals surface area contributed by atoms with E-state index in [0.29, 0.717) is 12.2 Å². The predicted octanol–water partition coefficient (Wildman–Crippen LogP) is 4.91. The first kappa shape index (κ1) is 15.5. The lowest BCUT2D eigenvalue weighted by atomic mass is 10.2. The normalized spacial score (nSPS) is 11.6. The maximum Gasteiger partial charge on any atom is 0.417 e. The van der Waals surface area contributed by atoms with Crippen LogP contribution in [0.25, 0.3) is 0 Å². The van der Waals surface area contributed by atoms with Crippen molar-refractivity contribution in [3.63, 3.8) is 0 Å². The maximum atomic E-state index is 12.6. The van der Waals surface area contributed by atoms with Gasteiger partial charge in [0.2, 0.25) is 0 Å². The minimum Gasteiger partial charge on any atom is -0.385 e. The van der Waals surface area contributed by atoms with E-state index in [0.717, 1.165) is 24.7 Å². The van der Waals surface area contributed by atoms with Gasteiger partial charge in [0.25, 0.3) is 0 Å². The lowest BCUT2D eigenvalue weighted by Gasteiger charge is -2.12. The molecule has 0 bridgehead atoms. The van der Waals surface area contributed by atoms with E-state index in [2.05, 4.69) is 5.32 Å². The van der Waals surface area contributed by atoms with Gasteiger partial charge in [-0.15, -0.1) is 0 Å². The van der Waals surface area contributed by atoms with Gasteiger partial charge < -0.3 is 5.32 Å². The van der Waals surface area contributed by atoms with Crippen molar-refractivity contribution in [2.24, 2.45) is 0 Å². The van der Waals surface area contributed by atoms with E-state index in [1.165, 1.54) is 6.07 Å². The SMILES string of the molecule is CSCCCCNc1ccc(Cl)c(C(F)(F)F)c1. The zero-order chi connectivity index (χ0) is 13.6. The fourth-order valence-corrected chi connectivity index (χ4v) is 2.17. The highest BCUT2D eigenvalue weighted by Gasteiger charge is 2.33. The summed E-state index contributed by atoms with van der Waals surface area (Å²) in [5.41, 5.74) is -0.339. The van der Waals surface area contributed by atoms with Crippen LogP contribution in [0.3, 0.4) is 0 Å². The summed E-state index contributed by atoms with van der Waals surface area (Å²) in [7, 11) is 0. The van der Waals surface area contributed by atoms with E-state index >= 15 is 0 Å². The second kappa shape index (κ2) is 7.14. The van der Waals surface area contributed by atoms with Crippen molar-refractivity contribution < 1.29 is 13.2 Å². The average Bonchev–Trinajstić information content (AvgIpc) is 2.29. The van der Waals surface area contributed by atoms with Gasteiger partial charge in [0, 0.05) is 12.2 Å². The Labute approximate surface area is 114 Å². The minimum atomic E-state index is -4.41. The van der Waals surface area contributed by atoms with Crippen LogP contribution in [0.5, 0.6) is 0 Å². The molecule has 0 saturated carbocycles. The first-order valence-electron chi connectivity index (χ1n) is 5.54. The fourth-order valence-electron chi connectivity index (χ4n) is 1.46. The fraction of sp³-hybridized carbons (Fsp3) is 0.500. The van der Waals surface area contributed by atoms with Crippen molar-refractivity contribution in [3.8, 4) is 0 Å². The Bertz CT molecular complexity index is 382. The average molecular weight is 298 g/mol. The largest absolute Gasteiger partial charge is 0.417 e. The number of hydrogen-bond donors (Lipinski definition) is 1. The number of thioether (sulfide) groups is 1. The molecule has 1 N–H and O–H groups in total. The van der Waals surface area contributed by atoms with Crippen molar-refractivity contribution >= 4 is 29.1 Å². The van der Waals surface area contributed by atoms with E-state index in [-0.39, 0.29) is 5.02 Å². The third-order valence-electron chi connectivity index (χ3n) is 2.38. The van der Waals surface area contributed by atoms with Gasteiger partial charge in [0.05, 0.1) is 10.6 Å². The van der Waals surface area contributed by atoms with E-state index in [4.69, 9.17) is 11.6 Å². The van der Waals surface area contributed by atoms with Gasteiger partial charge in [-0.05, 0) is 43.0 Å². The second-order valence-electron chi connectivity index (χ2n) is 3.82. The molecule has 1 nitrogen and oxygen atoms in total. The van der Waals surface area contributed by atoms with Gasteiger partial charge in [-0.2, -0.15) is 24.9 Å². The summed E-state index contributed by atoms with van der Waals surface area (Å²) in [5, 5.41) is 2.71. The monoisotopic (exact) mass is 297 g/mol. The van der Waals surface area contributed by atoms with Crippen molar-refractivity contribution in [2.45, 2.75) is 19.0 Å². The summed E-state index contributed by atoms with van der Waals surface area (Å²) < 4.78 is 37.8. The Hall–Kier alpha value is -0.550. The highest BCUT2D eigenvalue weighted by molar-refractivity contribution is 7.98. The van der Waals surface area contributed by atoms with Crippen LogP contribution in [-0.2, 0) is 6.18 Å². The standard InChI is InChI=1S/C12H15ClF3NS/c1-18-7-3-2-6-17-9-4-5-11(13)10(8-9)12(14,15)16/h4-5,8,17H,2-3,6-7H2,1H3. The maximum absolute atomic E-state index is 12.6. The first-order chi connectivity index (χ1) is 8.45. The third kappa shape index (κ3) is 4.98. The minimum absolute atomic E-state index is 0.268. The Morgan fingerprint density at radius 3 is 2.61 bits per heavy atom. The number of unbranched alkanes of at least 4 members (excludes halogenated alkanes) is 1. The van der Waals surface area contributed by atoms with E-state index < -0.39 is 11.7 Å². The highest BCUT2D eigenvalue weighted by Crippen LogP contribution is 2.36. The zero-order valence-electron chi connectivity index (χ0n) is 9.98. The Morgan fingerprint density at radius 1 is 1.28 bits per heavy atom. The topological polar surface area (TPSA) is 12.0 Å². The van der Waals surface area contributed by atoms with E-state index in [1.807, 2.05) is 6.26 Å². The van der Waals surface area contributed by atoms with Crippen LogP contribution >= 0.6 is 23.4 Å². The number of anilines is 1. The van der Waals surface area contributed by atoms with Gasteiger partial charge in [-0.3, -0.25) is 0 Å². The number of nitrogens with one attached hydrogen (secondary N) is 1. The highest BCUT2D eigenvalue weighted by atomic mass is 35.5. The van der Waals surface area contributed by atoms with Crippen molar-refractivity contribution in [3.05, 3.63) is 28.8 Å². The molecule has 0 atom stereocenters. The Kier molecular flexibility index (Phi) is 6.15. The lowest BCUT2D eigenvalue weighted by Crippen LogP contribution is -2.08. The summed E-state index contributed by atoms with van der Waals surface area (Å²) >= 11 is 7.29. The Morgan fingerprint density at radius 2 is 2.00 bits per heavy atom. The molecular weight excluding hydrogens is 283 g/mol. The van der Waals surface area contributed by atoms with Crippen LogP contribution in [0.1, 0.15) is 18.4 Å². The molecule has 0 aromatic heterocycles. The number of rotatable bonds is 6. The molecule has 0 amide bonds. The Balaban J connectivity index is 2.57. The van der Waals surface area contributed by atoms with Crippen molar-refractivity contribution in [2.75, 3.05) is 23.9 Å². The van der Waals surface area contributed by atoms with Crippen molar-refractivity contribution in [1.29, 1.82) is 0 Å². The van der Waals surface area contributed by atoms with Crippen LogP contribution in [0, 0.1) is 0 Å². The summed E-state index contributed by atoms with van der Waals surface area (Å²) in [6, 6.07) is 3.89. The molecule has 1 rings (SSSR count). The van der Waals surface area contributed by atoms with Gasteiger partial charge >= 0.3 is 6.18 Å². The first-order valence-corrected chi connectivity index (χ1v) is 7.32. The molecule has 0 aliphatic heterocycles. The molecule has 0 spiro atoms. The van der Waals surface area contributed by atoms with Crippen LogP contribution in [0.15, 0.2) is 18.2 Å². The molecule has 0 heterocycles. The molecule has 0 aliphatic rings. The summed E-state index contributed by atoms with van der Waals surface area (Å²) in [6.07, 6.45) is -0.394. The number of hydrogen-bond acceptors (Lipinski definition) is 2. The van der Waals surface area contributed by atoms with E-state index in [1.54, 1.807) is 17.8 Å². The molecule has 0 aliphatic carbocycles. The van der Waals surface area contributed by atoms with Crippen LogP contribution in [-0.4, -0.2) is 18.6 Å². The molecular formula is C12H15ClF3NS. The summed E-state index contributed by atoms with van der Waals surface area (Å²) in [5.74, 6) is 1.07. The summed E-state index contributed by atoms with van der Waals surface area (Å²) in [6.45, 7) is 0.666. The smallest absolute Gasteiger partial charge is 0.385 e. The number of alkyl halides is 3. The molecule has 0 saturated heterocycles. The van der Waals surface area contributed by atoms with Crippen LogP contribution in [0.4, 0.5) is 18.9 Å². The molecule has 6 heteroatoms. The molecule has 0 fully saturated rings. The summed E-state index contributed by atoms with van der Waals surface area (Å²) in [4.78, 5) is 0. The third-order valence-corrected chi connectivity index (χ3v) is 3.40. The van der Waals surface area contributed by atoms with Crippen molar-refractivity contribution in [1.82, 2.24) is 0 Å². The molecule has 102 valence electrons. The van der Waals surface area contributed by atoms with Gasteiger partial charge in [0.1, 0.15) is 0 Å².